The van der Waals surface area contributed by atoms with E-state index in [1.807, 2.05) is 30.3 Å². The van der Waals surface area contributed by atoms with Crippen molar-refractivity contribution in [1.29, 1.82) is 0 Å². The van der Waals surface area contributed by atoms with Crippen molar-refractivity contribution in [3.8, 4) is 5.75 Å². The minimum atomic E-state index is -0.394. The summed E-state index contributed by atoms with van der Waals surface area (Å²) in [5.41, 5.74) is 5.31. The Kier molecular flexibility index (Phi) is 2.20. The number of epoxide rings is 1. The maximum atomic E-state index is 5.71. The van der Waals surface area contributed by atoms with Gasteiger partial charge < -0.3 is 15.2 Å². The first-order valence-electron chi connectivity index (χ1n) is 4.39. The van der Waals surface area contributed by atoms with Gasteiger partial charge in [0.05, 0.1) is 13.2 Å². The van der Waals surface area contributed by atoms with Gasteiger partial charge in [0.25, 0.3) is 0 Å². The average Bonchev–Trinajstić information content (AvgIpc) is 2.86. The highest BCUT2D eigenvalue weighted by Crippen LogP contribution is 2.23. The molecule has 0 radical (unpaired) electrons. The topological polar surface area (TPSA) is 47.8 Å². The summed E-state index contributed by atoms with van der Waals surface area (Å²) in [6.45, 7) is 1.27. The van der Waals surface area contributed by atoms with Crippen molar-refractivity contribution in [3.05, 3.63) is 30.3 Å². The quantitative estimate of drug-likeness (QED) is 0.705. The Hall–Kier alpha value is -1.06. The van der Waals surface area contributed by atoms with E-state index in [-0.39, 0.29) is 0 Å². The van der Waals surface area contributed by atoms with Gasteiger partial charge in [-0.25, -0.2) is 0 Å². The number of para-hydroxylation sites is 1. The van der Waals surface area contributed by atoms with Crippen LogP contribution in [-0.4, -0.2) is 18.9 Å². The highest BCUT2D eigenvalue weighted by Gasteiger charge is 2.39. The van der Waals surface area contributed by atoms with E-state index in [4.69, 9.17) is 15.2 Å². The molecule has 2 N–H and O–H groups in total. The van der Waals surface area contributed by atoms with Crippen LogP contribution in [0.1, 0.15) is 6.42 Å². The number of hydrogen-bond donors (Lipinski definition) is 1. The van der Waals surface area contributed by atoms with Gasteiger partial charge in [-0.05, 0) is 12.1 Å². The van der Waals surface area contributed by atoms with Crippen molar-refractivity contribution < 1.29 is 9.47 Å². The average molecular weight is 179 g/mol. The summed E-state index contributed by atoms with van der Waals surface area (Å²) in [7, 11) is 0. The van der Waals surface area contributed by atoms with Gasteiger partial charge in [-0.15, -0.1) is 0 Å². The third-order valence-corrected chi connectivity index (χ3v) is 2.05. The zero-order valence-corrected chi connectivity index (χ0v) is 7.40. The summed E-state index contributed by atoms with van der Waals surface area (Å²) in [4.78, 5) is 0. The summed E-state index contributed by atoms with van der Waals surface area (Å²) in [6.07, 6.45) is 0.752. The van der Waals surface area contributed by atoms with Gasteiger partial charge in [-0.2, -0.15) is 0 Å². The zero-order valence-electron chi connectivity index (χ0n) is 7.40. The van der Waals surface area contributed by atoms with Crippen LogP contribution >= 0.6 is 0 Å². The zero-order chi connectivity index (χ0) is 9.15. The Morgan fingerprint density at radius 3 is 2.69 bits per heavy atom. The third kappa shape index (κ3) is 2.44. The largest absolute Gasteiger partial charge is 0.493 e. The van der Waals surface area contributed by atoms with Gasteiger partial charge in [-0.3, -0.25) is 0 Å². The van der Waals surface area contributed by atoms with Crippen LogP contribution in [-0.2, 0) is 4.74 Å². The first-order valence-corrected chi connectivity index (χ1v) is 4.39. The van der Waals surface area contributed by atoms with Gasteiger partial charge in [0, 0.05) is 6.42 Å². The number of nitrogens with two attached hydrogens (primary N) is 1. The standard InChI is InChI=1S/C10H13NO2/c11-10(8-13-10)6-7-12-9-4-2-1-3-5-9/h1-5H,6-8,11H2. The lowest BCUT2D eigenvalue weighted by molar-refractivity contribution is 0.231. The van der Waals surface area contributed by atoms with E-state index in [1.165, 1.54) is 0 Å². The fourth-order valence-corrected chi connectivity index (χ4v) is 1.10. The molecule has 13 heavy (non-hydrogen) atoms. The minimum absolute atomic E-state index is 0.394. The second-order valence-electron chi connectivity index (χ2n) is 3.26. The number of rotatable bonds is 4. The molecule has 70 valence electrons. The second kappa shape index (κ2) is 3.36. The Morgan fingerprint density at radius 1 is 1.38 bits per heavy atom. The molecular weight excluding hydrogens is 166 g/mol. The predicted octanol–water partition coefficient (Wildman–Crippen LogP) is 1.14. The molecule has 1 aromatic rings. The fourth-order valence-electron chi connectivity index (χ4n) is 1.10. The molecule has 1 aliphatic rings. The fraction of sp³-hybridized carbons (Fsp3) is 0.400. The Balaban J connectivity index is 1.74. The molecule has 0 aromatic heterocycles. The van der Waals surface area contributed by atoms with E-state index in [0.29, 0.717) is 13.2 Å². The van der Waals surface area contributed by atoms with E-state index in [9.17, 15) is 0 Å². The van der Waals surface area contributed by atoms with Crippen LogP contribution in [0.3, 0.4) is 0 Å². The predicted molar refractivity (Wildman–Crippen MR) is 49.4 cm³/mol. The molecule has 1 aliphatic heterocycles. The molecular formula is C10H13NO2. The first kappa shape index (κ1) is 8.53. The van der Waals surface area contributed by atoms with Crippen LogP contribution < -0.4 is 10.5 Å². The second-order valence-corrected chi connectivity index (χ2v) is 3.26. The third-order valence-electron chi connectivity index (χ3n) is 2.05. The molecule has 1 saturated heterocycles. The first-order chi connectivity index (χ1) is 6.29. The van der Waals surface area contributed by atoms with E-state index in [0.717, 1.165) is 12.2 Å². The van der Waals surface area contributed by atoms with E-state index >= 15 is 0 Å². The molecule has 0 spiro atoms. The molecule has 0 amide bonds. The van der Waals surface area contributed by atoms with Crippen LogP contribution in [0.4, 0.5) is 0 Å². The van der Waals surface area contributed by atoms with E-state index in [2.05, 4.69) is 0 Å². The summed E-state index contributed by atoms with van der Waals surface area (Å²) >= 11 is 0. The Bertz CT molecular complexity index is 270. The van der Waals surface area contributed by atoms with Crippen molar-refractivity contribution in [2.45, 2.75) is 12.1 Å². The van der Waals surface area contributed by atoms with Crippen LogP contribution in [0.15, 0.2) is 30.3 Å². The molecule has 1 atom stereocenters. The Morgan fingerprint density at radius 2 is 2.08 bits per heavy atom. The van der Waals surface area contributed by atoms with Gasteiger partial charge in [-0.1, -0.05) is 18.2 Å². The van der Waals surface area contributed by atoms with Crippen LogP contribution in [0.2, 0.25) is 0 Å². The normalized spacial score (nSPS) is 25.6. The summed E-state index contributed by atoms with van der Waals surface area (Å²) in [6, 6.07) is 9.71. The maximum Gasteiger partial charge on any atom is 0.143 e. The molecule has 0 saturated carbocycles. The molecule has 1 aromatic carbocycles. The van der Waals surface area contributed by atoms with Crippen LogP contribution in [0.25, 0.3) is 0 Å². The molecule has 0 bridgehead atoms. The van der Waals surface area contributed by atoms with E-state index in [1.54, 1.807) is 0 Å². The number of benzene rings is 1. The molecule has 2 rings (SSSR count). The smallest absolute Gasteiger partial charge is 0.143 e. The van der Waals surface area contributed by atoms with Crippen LogP contribution in [0.5, 0.6) is 5.75 Å². The molecule has 1 heterocycles. The van der Waals surface area contributed by atoms with Crippen molar-refractivity contribution in [1.82, 2.24) is 0 Å². The van der Waals surface area contributed by atoms with Gasteiger partial charge >= 0.3 is 0 Å². The van der Waals surface area contributed by atoms with Crippen LogP contribution in [0, 0.1) is 0 Å². The summed E-state index contributed by atoms with van der Waals surface area (Å²) in [5.74, 6) is 0.881. The number of hydrogen-bond acceptors (Lipinski definition) is 3. The minimum Gasteiger partial charge on any atom is -0.493 e. The summed E-state index contributed by atoms with van der Waals surface area (Å²) in [5, 5.41) is 0. The summed E-state index contributed by atoms with van der Waals surface area (Å²) < 4.78 is 10.5. The van der Waals surface area contributed by atoms with E-state index < -0.39 is 5.72 Å². The lowest BCUT2D eigenvalue weighted by atomic mass is 10.2. The molecule has 1 fully saturated rings. The number of ether oxygens (including phenoxy) is 2. The monoisotopic (exact) mass is 179 g/mol. The molecule has 1 unspecified atom stereocenters. The SMILES string of the molecule is NC1(CCOc2ccccc2)CO1. The molecule has 3 heteroatoms. The maximum absolute atomic E-state index is 5.71. The lowest BCUT2D eigenvalue weighted by Gasteiger charge is -2.07. The van der Waals surface area contributed by atoms with Gasteiger partial charge in [0.15, 0.2) is 0 Å². The molecule has 3 nitrogen and oxygen atoms in total. The van der Waals surface area contributed by atoms with Crippen molar-refractivity contribution >= 4 is 0 Å². The Labute approximate surface area is 77.5 Å². The highest BCUT2D eigenvalue weighted by atomic mass is 16.6. The van der Waals surface area contributed by atoms with Gasteiger partial charge in [0.1, 0.15) is 11.5 Å². The lowest BCUT2D eigenvalue weighted by Crippen LogP contribution is -2.26. The van der Waals surface area contributed by atoms with Gasteiger partial charge in [0.2, 0.25) is 0 Å². The highest BCUT2D eigenvalue weighted by molar-refractivity contribution is 5.20. The molecule has 0 aliphatic carbocycles. The van der Waals surface area contributed by atoms with Crippen molar-refractivity contribution in [3.63, 3.8) is 0 Å². The van der Waals surface area contributed by atoms with Crippen molar-refractivity contribution in [2.24, 2.45) is 5.73 Å². The van der Waals surface area contributed by atoms with Crippen molar-refractivity contribution in [2.75, 3.05) is 13.2 Å².